The van der Waals surface area contributed by atoms with E-state index >= 15 is 0 Å². The second-order valence-corrected chi connectivity index (χ2v) is 30.2. The number of aliphatic hydroxyl groups is 1. The average molecular weight is 1500 g/mol. The number of esters is 4. The van der Waals surface area contributed by atoms with Crippen molar-refractivity contribution in [1.29, 1.82) is 0 Å². The normalized spacial score (nSPS) is 14.4. The van der Waals surface area contributed by atoms with Crippen molar-refractivity contribution in [1.82, 2.24) is 0 Å². The van der Waals surface area contributed by atoms with Crippen LogP contribution in [0.1, 0.15) is 349 Å². The quantitative estimate of drug-likeness (QED) is 0.0169. The van der Waals surface area contributed by atoms with Crippen LogP contribution in [0.15, 0.2) is 109 Å². The van der Waals surface area contributed by atoms with E-state index in [1.807, 2.05) is 0 Å². The number of phosphoric ester groups is 2. The highest BCUT2D eigenvalue weighted by Crippen LogP contribution is 2.45. The summed E-state index contributed by atoms with van der Waals surface area (Å²) in [5.41, 5.74) is 0. The van der Waals surface area contributed by atoms with Crippen LogP contribution in [-0.2, 0) is 65.4 Å². The van der Waals surface area contributed by atoms with Gasteiger partial charge in [0, 0.05) is 25.7 Å². The number of ether oxygens (including phenoxy) is 4. The Morgan fingerprint density at radius 2 is 0.500 bits per heavy atom. The fourth-order valence-electron chi connectivity index (χ4n) is 10.9. The lowest BCUT2D eigenvalue weighted by molar-refractivity contribution is -0.161. The van der Waals surface area contributed by atoms with Gasteiger partial charge in [-0.1, -0.05) is 278 Å². The molecule has 0 radical (unpaired) electrons. The molecule has 0 aliphatic heterocycles. The summed E-state index contributed by atoms with van der Waals surface area (Å²) in [6, 6.07) is 0. The van der Waals surface area contributed by atoms with Crippen LogP contribution in [0.3, 0.4) is 0 Å². The van der Waals surface area contributed by atoms with E-state index in [0.717, 1.165) is 173 Å². The Labute approximate surface area is 632 Å². The first-order valence-electron chi connectivity index (χ1n) is 41.1. The second-order valence-electron chi connectivity index (χ2n) is 27.3. The van der Waals surface area contributed by atoms with Crippen LogP contribution in [0.2, 0.25) is 0 Å². The Hall–Kier alpha value is -4.28. The minimum Gasteiger partial charge on any atom is -0.462 e. The minimum absolute atomic E-state index is 0.0764. The summed E-state index contributed by atoms with van der Waals surface area (Å²) in [5.74, 6) is -2.23. The van der Waals surface area contributed by atoms with Crippen molar-refractivity contribution in [3.63, 3.8) is 0 Å². The van der Waals surface area contributed by atoms with E-state index in [1.54, 1.807) is 0 Å². The predicted octanol–water partition coefficient (Wildman–Crippen LogP) is 24.1. The first-order valence-corrected chi connectivity index (χ1v) is 44.1. The Bertz CT molecular complexity index is 2390. The average Bonchev–Trinajstić information content (AvgIpc) is 0.918. The molecule has 0 aromatic rings. The lowest BCUT2D eigenvalue weighted by Crippen LogP contribution is -2.30. The molecule has 0 saturated carbocycles. The van der Waals surface area contributed by atoms with Gasteiger partial charge in [0.15, 0.2) is 12.2 Å². The number of carbonyl (C=O) groups excluding carboxylic acids is 4. The molecule has 19 heteroatoms. The largest absolute Gasteiger partial charge is 0.472 e. The lowest BCUT2D eigenvalue weighted by atomic mass is 10.1. The standard InChI is InChI=1S/C85H148O17P2/c1-5-9-13-17-21-25-29-33-37-38-39-40-44-46-50-54-58-62-66-70-83(88)96-76-81(102-85(90)72-68-64-60-56-52-48-43-36-32-28-24-20-16-12-8-4)78-100-104(93,94)98-74-79(86)73-97-103(91,92)99-77-80(101-84(89)71-67-63-59-55-51-47-42-35-31-27-23-19-15-11-7-3)75-95-82(87)69-65-61-57-53-49-45-41-34-30-26-22-18-14-10-6-2/h9,13,21-22,25-26,33-37,39-43,46,50,79-81,86H,5-8,10-12,14-20,23-24,27-32,38,44-45,47-49,51-78H2,1-4H3,(H,91,92)(H,93,94)/b13-9-,25-21-,26-22-,37-33-,40-39-,41-34-,42-35-,43-36-,50-46-/t79-,80+,81+/m0/s1. The summed E-state index contributed by atoms with van der Waals surface area (Å²) < 4.78 is 68.6. The zero-order valence-electron chi connectivity index (χ0n) is 65.7. The van der Waals surface area contributed by atoms with Gasteiger partial charge in [0.2, 0.25) is 0 Å². The summed E-state index contributed by atoms with van der Waals surface area (Å²) in [4.78, 5) is 73.1. The van der Waals surface area contributed by atoms with Crippen LogP contribution in [0.25, 0.3) is 0 Å². The van der Waals surface area contributed by atoms with E-state index in [2.05, 4.69) is 137 Å². The fourth-order valence-corrected chi connectivity index (χ4v) is 12.5. The molecule has 0 amide bonds. The molecule has 0 bridgehead atoms. The topological polar surface area (TPSA) is 237 Å². The maximum atomic E-state index is 13.1. The molecule has 600 valence electrons. The van der Waals surface area contributed by atoms with Gasteiger partial charge in [-0.05, 0) is 154 Å². The van der Waals surface area contributed by atoms with Gasteiger partial charge >= 0.3 is 39.5 Å². The van der Waals surface area contributed by atoms with E-state index in [4.69, 9.17) is 37.0 Å². The van der Waals surface area contributed by atoms with Gasteiger partial charge in [-0.2, -0.15) is 0 Å². The fraction of sp³-hybridized carbons (Fsp3) is 0.741. The van der Waals surface area contributed by atoms with E-state index in [9.17, 15) is 43.2 Å². The summed E-state index contributed by atoms with van der Waals surface area (Å²) in [6.45, 7) is 4.70. The summed E-state index contributed by atoms with van der Waals surface area (Å²) >= 11 is 0. The van der Waals surface area contributed by atoms with Gasteiger partial charge in [0.05, 0.1) is 26.4 Å². The molecule has 0 aliphatic carbocycles. The number of hydrogen-bond donors (Lipinski definition) is 3. The molecule has 0 spiro atoms. The van der Waals surface area contributed by atoms with Crippen molar-refractivity contribution in [3.8, 4) is 0 Å². The van der Waals surface area contributed by atoms with Crippen molar-refractivity contribution in [2.75, 3.05) is 39.6 Å². The molecular weight excluding hydrogens is 1350 g/mol. The van der Waals surface area contributed by atoms with Crippen LogP contribution in [0, 0.1) is 0 Å². The third kappa shape index (κ3) is 75.9. The van der Waals surface area contributed by atoms with Crippen LogP contribution in [-0.4, -0.2) is 96.7 Å². The molecular formula is C85H148O17P2. The van der Waals surface area contributed by atoms with Crippen molar-refractivity contribution in [2.45, 2.75) is 367 Å². The molecule has 0 saturated heterocycles. The Morgan fingerprint density at radius 1 is 0.279 bits per heavy atom. The molecule has 17 nitrogen and oxygen atoms in total. The summed E-state index contributed by atoms with van der Waals surface area (Å²) in [5, 5.41) is 10.7. The SMILES string of the molecule is CC/C=C\C/C=C\C/C=C\C/C=C\C/C=C\CCCCCC(=O)OC[C@H](COP(=O)(O)OC[C@@H](O)COP(=O)(O)OC[C@@H](COC(=O)CCCCCCC/C=C\C/C=C\CCCCC)OC(=O)CCCCCCC/C=C\CCCCCCCC)OC(=O)CCCCCCC/C=C\CCCCCCCC. The van der Waals surface area contributed by atoms with Gasteiger partial charge in [-0.15, -0.1) is 0 Å². The predicted molar refractivity (Wildman–Crippen MR) is 427 cm³/mol. The maximum Gasteiger partial charge on any atom is 0.472 e. The van der Waals surface area contributed by atoms with Crippen molar-refractivity contribution in [2.24, 2.45) is 0 Å². The van der Waals surface area contributed by atoms with E-state index in [-0.39, 0.29) is 25.7 Å². The number of unbranched alkanes of at least 4 members (excludes halogenated alkanes) is 33. The zero-order chi connectivity index (χ0) is 76.0. The van der Waals surface area contributed by atoms with Crippen molar-refractivity contribution in [3.05, 3.63) is 109 Å². The molecule has 2 unspecified atom stereocenters. The first kappa shape index (κ1) is 99.7. The lowest BCUT2D eigenvalue weighted by Gasteiger charge is -2.21. The van der Waals surface area contributed by atoms with Gasteiger partial charge in [0.1, 0.15) is 19.3 Å². The van der Waals surface area contributed by atoms with Gasteiger partial charge in [-0.3, -0.25) is 37.3 Å². The molecule has 104 heavy (non-hydrogen) atoms. The smallest absolute Gasteiger partial charge is 0.462 e. The van der Waals surface area contributed by atoms with Crippen molar-refractivity contribution < 1.29 is 80.2 Å². The Morgan fingerprint density at radius 3 is 0.808 bits per heavy atom. The first-order chi connectivity index (χ1) is 50.7. The number of phosphoric acid groups is 2. The summed E-state index contributed by atoms with van der Waals surface area (Å²) in [7, 11) is -9.97. The second kappa shape index (κ2) is 76.9. The molecule has 0 aromatic carbocycles. The molecule has 0 aliphatic rings. The molecule has 3 N–H and O–H groups in total. The number of allylic oxidation sites excluding steroid dienone is 18. The highest BCUT2D eigenvalue weighted by atomic mass is 31.2. The Balaban J connectivity index is 5.40. The highest BCUT2D eigenvalue weighted by Gasteiger charge is 2.30. The third-order valence-electron chi connectivity index (χ3n) is 17.2. The molecule has 0 rings (SSSR count). The molecule has 0 aromatic heterocycles. The van der Waals surface area contributed by atoms with E-state index < -0.39 is 97.5 Å². The maximum absolute atomic E-state index is 13.1. The molecule has 0 heterocycles. The number of aliphatic hydroxyl groups excluding tert-OH is 1. The van der Waals surface area contributed by atoms with E-state index in [0.29, 0.717) is 25.7 Å². The van der Waals surface area contributed by atoms with Crippen LogP contribution in [0.4, 0.5) is 0 Å². The zero-order valence-corrected chi connectivity index (χ0v) is 67.5. The van der Waals surface area contributed by atoms with Crippen LogP contribution < -0.4 is 0 Å². The van der Waals surface area contributed by atoms with Crippen molar-refractivity contribution >= 4 is 39.5 Å². The number of rotatable bonds is 77. The summed E-state index contributed by atoms with van der Waals surface area (Å²) in [6.07, 6.45) is 83.4. The Kier molecular flexibility index (Phi) is 73.7. The molecule has 0 fully saturated rings. The minimum atomic E-state index is -4.99. The van der Waals surface area contributed by atoms with Gasteiger partial charge in [-0.25, -0.2) is 9.13 Å². The monoisotopic (exact) mass is 1500 g/mol. The van der Waals surface area contributed by atoms with Gasteiger partial charge < -0.3 is 33.8 Å². The third-order valence-corrected chi connectivity index (χ3v) is 19.1. The number of hydrogen-bond acceptors (Lipinski definition) is 15. The highest BCUT2D eigenvalue weighted by molar-refractivity contribution is 7.47. The van der Waals surface area contributed by atoms with Gasteiger partial charge in [0.25, 0.3) is 0 Å². The van der Waals surface area contributed by atoms with Crippen LogP contribution >= 0.6 is 15.6 Å². The van der Waals surface area contributed by atoms with Crippen LogP contribution in [0.5, 0.6) is 0 Å². The number of carbonyl (C=O) groups is 4. The molecule has 5 atom stereocenters. The van der Waals surface area contributed by atoms with E-state index in [1.165, 1.54) is 96.3 Å².